The lowest BCUT2D eigenvalue weighted by Gasteiger charge is -2.33. The molecule has 3 aliphatic rings. The van der Waals surface area contributed by atoms with Crippen LogP contribution in [0.4, 0.5) is 4.79 Å². The molecule has 1 atom stereocenters. The number of hydrogen-bond acceptors (Lipinski definition) is 4. The van der Waals surface area contributed by atoms with E-state index < -0.39 is 5.60 Å². The second kappa shape index (κ2) is 14.6. The monoisotopic (exact) mass is 526 g/mol. The normalized spacial score (nSPS) is 20.7. The Balaban J connectivity index is 0.00000127. The second-order valence-electron chi connectivity index (χ2n) is 12.0. The molecule has 0 N–H and O–H groups in total. The first-order valence-electron chi connectivity index (χ1n) is 14.9. The topological polar surface area (TPSA) is 59.1 Å². The number of benzene rings is 1. The molecule has 6 nitrogen and oxygen atoms in total. The van der Waals surface area contributed by atoms with Crippen molar-refractivity contribution in [2.75, 3.05) is 32.8 Å². The number of likely N-dealkylation sites (tertiary alicyclic amines) is 2. The summed E-state index contributed by atoms with van der Waals surface area (Å²) in [5, 5.41) is 0. The van der Waals surface area contributed by atoms with Crippen LogP contribution in [0.1, 0.15) is 98.0 Å². The van der Waals surface area contributed by atoms with E-state index in [0.29, 0.717) is 18.4 Å². The summed E-state index contributed by atoms with van der Waals surface area (Å²) in [6, 6.07) is 8.38. The van der Waals surface area contributed by atoms with E-state index in [2.05, 4.69) is 49.1 Å². The minimum absolute atomic E-state index is 0.154. The van der Waals surface area contributed by atoms with Crippen molar-refractivity contribution in [2.45, 2.75) is 98.0 Å². The van der Waals surface area contributed by atoms with E-state index in [0.717, 1.165) is 76.9 Å². The summed E-state index contributed by atoms with van der Waals surface area (Å²) in [5.41, 5.74) is 2.11. The largest absolute Gasteiger partial charge is 0.493 e. The number of piperidine rings is 2. The van der Waals surface area contributed by atoms with Crippen molar-refractivity contribution in [3.8, 4) is 5.75 Å². The molecule has 38 heavy (non-hydrogen) atoms. The van der Waals surface area contributed by atoms with Crippen LogP contribution in [0.3, 0.4) is 0 Å². The van der Waals surface area contributed by atoms with Crippen molar-refractivity contribution < 1.29 is 19.1 Å². The van der Waals surface area contributed by atoms with Gasteiger partial charge in [-0.25, -0.2) is 4.79 Å². The second-order valence-corrected chi connectivity index (χ2v) is 12.0. The van der Waals surface area contributed by atoms with Crippen molar-refractivity contribution in [1.82, 2.24) is 9.80 Å². The molecule has 2 amide bonds. The zero-order valence-electron chi connectivity index (χ0n) is 24.5. The Labute approximate surface area is 230 Å². The van der Waals surface area contributed by atoms with E-state index in [1.807, 2.05) is 20.8 Å². The summed E-state index contributed by atoms with van der Waals surface area (Å²) in [6.45, 7) is 13.9. The number of ether oxygens (including phenoxy) is 2. The predicted octanol–water partition coefficient (Wildman–Crippen LogP) is 7.32. The highest BCUT2D eigenvalue weighted by molar-refractivity contribution is 5.81. The summed E-state index contributed by atoms with van der Waals surface area (Å²) < 4.78 is 11.6. The van der Waals surface area contributed by atoms with Crippen LogP contribution in [0.2, 0.25) is 0 Å². The highest BCUT2D eigenvalue weighted by atomic mass is 16.6. The van der Waals surface area contributed by atoms with Gasteiger partial charge in [0.25, 0.3) is 0 Å². The fraction of sp³-hybridized carbons (Fsp3) is 0.688. The number of allylic oxidation sites excluding steroid dienone is 2. The van der Waals surface area contributed by atoms with Crippen LogP contribution in [0.15, 0.2) is 30.3 Å². The lowest BCUT2D eigenvalue weighted by Crippen LogP contribution is -2.42. The van der Waals surface area contributed by atoms with Crippen LogP contribution in [-0.2, 0) is 9.53 Å². The molecule has 212 valence electrons. The quantitative estimate of drug-likeness (QED) is 0.403. The number of rotatable bonds is 5. The Morgan fingerprint density at radius 1 is 0.895 bits per heavy atom. The maximum atomic E-state index is 12.8. The fourth-order valence-corrected chi connectivity index (χ4v) is 5.28. The molecule has 6 heteroatoms. The molecule has 2 heterocycles. The van der Waals surface area contributed by atoms with Crippen molar-refractivity contribution in [3.63, 3.8) is 0 Å². The summed E-state index contributed by atoms with van der Waals surface area (Å²) in [4.78, 5) is 28.9. The average Bonchev–Trinajstić information content (AvgIpc) is 2.92. The van der Waals surface area contributed by atoms with Crippen molar-refractivity contribution in [2.24, 2.45) is 11.8 Å². The van der Waals surface area contributed by atoms with Gasteiger partial charge in [0.15, 0.2) is 0 Å². The maximum Gasteiger partial charge on any atom is 0.410 e. The lowest BCUT2D eigenvalue weighted by atomic mass is 9.85. The Morgan fingerprint density at radius 2 is 1.53 bits per heavy atom. The zero-order chi connectivity index (χ0) is 27.5. The molecule has 4 rings (SSSR count). The van der Waals surface area contributed by atoms with E-state index in [1.165, 1.54) is 24.0 Å². The minimum atomic E-state index is -0.455. The van der Waals surface area contributed by atoms with Gasteiger partial charge in [-0.05, 0) is 101 Å². The molecule has 2 saturated heterocycles. The van der Waals surface area contributed by atoms with E-state index in [9.17, 15) is 9.59 Å². The molecule has 2 fully saturated rings. The molecule has 0 saturated carbocycles. The molecule has 1 unspecified atom stereocenters. The number of carbonyl (C=O) groups is 2. The molecule has 0 spiro atoms. The number of amides is 2. The van der Waals surface area contributed by atoms with Crippen molar-refractivity contribution >= 4 is 17.6 Å². The van der Waals surface area contributed by atoms with Crippen LogP contribution < -0.4 is 4.74 Å². The molecule has 0 radical (unpaired) electrons. The number of carbonyl (C=O) groups excluding carboxylic acids is 2. The first kappa shape index (κ1) is 30.0. The van der Waals surface area contributed by atoms with E-state index >= 15 is 0 Å². The van der Waals surface area contributed by atoms with Gasteiger partial charge >= 0.3 is 6.09 Å². The average molecular weight is 527 g/mol. The Kier molecular flexibility index (Phi) is 11.5. The number of hydrogen-bond donors (Lipinski definition) is 0. The van der Waals surface area contributed by atoms with E-state index in [4.69, 9.17) is 9.47 Å². The zero-order valence-corrected chi connectivity index (χ0v) is 24.5. The van der Waals surface area contributed by atoms with Gasteiger partial charge in [-0.1, -0.05) is 38.5 Å². The maximum absolute atomic E-state index is 12.8. The highest BCUT2D eigenvalue weighted by Gasteiger charge is 2.28. The van der Waals surface area contributed by atoms with E-state index in [1.54, 1.807) is 4.90 Å². The van der Waals surface area contributed by atoms with Crippen LogP contribution in [0, 0.1) is 11.8 Å². The summed E-state index contributed by atoms with van der Waals surface area (Å²) in [7, 11) is 0. The van der Waals surface area contributed by atoms with Crippen LogP contribution in [0.5, 0.6) is 5.75 Å². The van der Waals surface area contributed by atoms with Crippen molar-refractivity contribution in [3.05, 3.63) is 35.9 Å². The smallest absolute Gasteiger partial charge is 0.410 e. The molecular weight excluding hydrogens is 476 g/mol. The molecule has 0 aromatic heterocycles. The molecule has 1 aromatic carbocycles. The predicted molar refractivity (Wildman–Crippen MR) is 154 cm³/mol. The van der Waals surface area contributed by atoms with Gasteiger partial charge in [-0.15, -0.1) is 0 Å². The molecule has 2 aliphatic heterocycles. The van der Waals surface area contributed by atoms with Gasteiger partial charge in [-0.2, -0.15) is 0 Å². The third-order valence-corrected chi connectivity index (χ3v) is 7.40. The first-order chi connectivity index (χ1) is 18.2. The molecular formula is C32H50N2O4. The lowest BCUT2D eigenvalue weighted by molar-refractivity contribution is -0.136. The third kappa shape index (κ3) is 9.36. The first-order valence-corrected chi connectivity index (χ1v) is 14.9. The third-order valence-electron chi connectivity index (χ3n) is 7.40. The summed E-state index contributed by atoms with van der Waals surface area (Å²) >= 11 is 0. The van der Waals surface area contributed by atoms with E-state index in [-0.39, 0.29) is 12.0 Å². The van der Waals surface area contributed by atoms with Gasteiger partial charge in [0.1, 0.15) is 11.4 Å². The molecule has 0 bridgehead atoms. The van der Waals surface area contributed by atoms with Gasteiger partial charge in [0.05, 0.1) is 6.61 Å². The van der Waals surface area contributed by atoms with Crippen LogP contribution in [0.25, 0.3) is 5.57 Å². The Morgan fingerprint density at radius 3 is 2.08 bits per heavy atom. The minimum Gasteiger partial charge on any atom is -0.493 e. The molecule has 1 aliphatic carbocycles. The van der Waals surface area contributed by atoms with Gasteiger partial charge in [-0.3, -0.25) is 4.79 Å². The summed E-state index contributed by atoms with van der Waals surface area (Å²) in [5.74, 6) is 1.85. The van der Waals surface area contributed by atoms with Gasteiger partial charge < -0.3 is 19.3 Å². The van der Waals surface area contributed by atoms with Crippen LogP contribution in [-0.4, -0.2) is 60.2 Å². The molecule has 1 aromatic rings. The SMILES string of the molecule is CC(C)(C)OC(=O)N1CCC(COc2ccc(C3=CCC(C(=O)N4CCCCC4)CC3)cc2)CC1.CCC. The summed E-state index contributed by atoms with van der Waals surface area (Å²) in [6.07, 6.45) is 11.5. The number of nitrogens with zero attached hydrogens (tertiary/aromatic N) is 2. The highest BCUT2D eigenvalue weighted by Crippen LogP contribution is 2.32. The van der Waals surface area contributed by atoms with Gasteiger partial charge in [0.2, 0.25) is 5.91 Å². The Bertz CT molecular complexity index is 904. The fourth-order valence-electron chi connectivity index (χ4n) is 5.28. The van der Waals surface area contributed by atoms with Gasteiger partial charge in [0, 0.05) is 32.1 Å². The van der Waals surface area contributed by atoms with Crippen LogP contribution >= 0.6 is 0 Å². The standard InChI is InChI=1S/C29H42N2O4.C3H8/c1-29(2,3)35-28(33)31-19-15-22(16-20-31)21-34-26-13-11-24(12-14-26)23-7-9-25(10-8-23)27(32)30-17-5-4-6-18-30;1-3-2/h7,11-14,22,25H,4-6,8-10,15-21H2,1-3H3;3H2,1-2H3. The van der Waals surface area contributed by atoms with Crippen molar-refractivity contribution in [1.29, 1.82) is 0 Å². The Hall–Kier alpha value is -2.50.